The first-order valence-electron chi connectivity index (χ1n) is 9.56. The van der Waals surface area contributed by atoms with Gasteiger partial charge in [-0.2, -0.15) is 0 Å². The molecule has 1 aliphatic carbocycles. The Morgan fingerprint density at radius 1 is 0.964 bits per heavy atom. The van der Waals surface area contributed by atoms with Crippen LogP contribution in [-0.2, 0) is 0 Å². The van der Waals surface area contributed by atoms with Gasteiger partial charge in [0.1, 0.15) is 5.75 Å². The molecule has 1 saturated carbocycles. The third kappa shape index (κ3) is 3.26. The SMILES string of the molecule is COc1ccc(NC(=O)c2ccc3c(c2)C(=O)N(C2CCCCC2)C3=O)cc1. The molecule has 0 radical (unpaired) electrons. The van der Waals surface area contributed by atoms with E-state index in [1.165, 1.54) is 11.0 Å². The highest BCUT2D eigenvalue weighted by Gasteiger charge is 2.40. The van der Waals surface area contributed by atoms with E-state index in [2.05, 4.69) is 5.32 Å². The van der Waals surface area contributed by atoms with E-state index >= 15 is 0 Å². The van der Waals surface area contributed by atoms with Gasteiger partial charge in [-0.15, -0.1) is 0 Å². The molecule has 1 N–H and O–H groups in total. The normalized spacial score (nSPS) is 16.8. The average molecular weight is 378 g/mol. The minimum absolute atomic E-state index is 0.0299. The number of methoxy groups -OCH3 is 1. The maximum absolute atomic E-state index is 12.9. The molecular weight excluding hydrogens is 356 g/mol. The quantitative estimate of drug-likeness (QED) is 0.820. The second-order valence-corrected chi connectivity index (χ2v) is 7.22. The van der Waals surface area contributed by atoms with Crippen molar-refractivity contribution in [2.45, 2.75) is 38.1 Å². The van der Waals surface area contributed by atoms with Crippen LogP contribution in [0.3, 0.4) is 0 Å². The Bertz CT molecular complexity index is 930. The summed E-state index contributed by atoms with van der Waals surface area (Å²) < 4.78 is 5.10. The van der Waals surface area contributed by atoms with E-state index in [9.17, 15) is 14.4 Å². The van der Waals surface area contributed by atoms with Crippen molar-refractivity contribution in [2.24, 2.45) is 0 Å². The van der Waals surface area contributed by atoms with E-state index in [-0.39, 0.29) is 23.8 Å². The van der Waals surface area contributed by atoms with Gasteiger partial charge in [0, 0.05) is 17.3 Å². The standard InChI is InChI=1S/C22H22N2O4/c1-28-17-10-8-15(9-11-17)23-20(25)14-7-12-18-19(13-14)22(27)24(21(18)26)16-5-3-2-4-6-16/h7-13,16H,2-6H2,1H3,(H,23,25). The number of nitrogens with zero attached hydrogens (tertiary/aromatic N) is 1. The Balaban J connectivity index is 1.54. The maximum atomic E-state index is 12.9. The molecule has 0 unspecified atom stereocenters. The summed E-state index contributed by atoms with van der Waals surface area (Å²) in [5.74, 6) is -0.160. The fourth-order valence-electron chi connectivity index (χ4n) is 3.95. The molecule has 1 heterocycles. The van der Waals surface area contributed by atoms with E-state index in [0.717, 1.165) is 32.1 Å². The first-order chi connectivity index (χ1) is 13.6. The van der Waals surface area contributed by atoms with Crippen LogP contribution in [0.5, 0.6) is 5.75 Å². The van der Waals surface area contributed by atoms with Gasteiger partial charge in [-0.1, -0.05) is 19.3 Å². The number of hydrogen-bond donors (Lipinski definition) is 1. The van der Waals surface area contributed by atoms with E-state index in [1.807, 2.05) is 0 Å². The molecule has 0 spiro atoms. The predicted octanol–water partition coefficient (Wildman–Crippen LogP) is 3.88. The number of imide groups is 1. The van der Waals surface area contributed by atoms with Crippen LogP contribution in [0.4, 0.5) is 5.69 Å². The predicted molar refractivity (Wildman–Crippen MR) is 105 cm³/mol. The minimum Gasteiger partial charge on any atom is -0.497 e. The van der Waals surface area contributed by atoms with E-state index in [0.29, 0.717) is 28.1 Å². The second kappa shape index (κ2) is 7.46. The Morgan fingerprint density at radius 2 is 1.64 bits per heavy atom. The molecule has 0 aromatic heterocycles. The first kappa shape index (κ1) is 18.2. The number of rotatable bonds is 4. The number of ether oxygens (including phenoxy) is 1. The fourth-order valence-corrected chi connectivity index (χ4v) is 3.95. The maximum Gasteiger partial charge on any atom is 0.261 e. The molecule has 28 heavy (non-hydrogen) atoms. The van der Waals surface area contributed by atoms with Crippen molar-refractivity contribution in [3.8, 4) is 5.75 Å². The second-order valence-electron chi connectivity index (χ2n) is 7.22. The first-order valence-corrected chi connectivity index (χ1v) is 9.56. The molecule has 0 saturated heterocycles. The van der Waals surface area contributed by atoms with Gasteiger partial charge < -0.3 is 10.1 Å². The van der Waals surface area contributed by atoms with Gasteiger partial charge in [0.25, 0.3) is 17.7 Å². The topological polar surface area (TPSA) is 75.7 Å². The third-order valence-electron chi connectivity index (χ3n) is 5.47. The summed E-state index contributed by atoms with van der Waals surface area (Å²) in [6, 6.07) is 11.7. The van der Waals surface area contributed by atoms with Crippen LogP contribution in [0.1, 0.15) is 63.2 Å². The molecule has 4 rings (SSSR count). The van der Waals surface area contributed by atoms with Crippen LogP contribution in [-0.4, -0.2) is 35.8 Å². The molecule has 2 aliphatic rings. The summed E-state index contributed by atoms with van der Waals surface area (Å²) in [4.78, 5) is 39.6. The number of carbonyl (C=O) groups excluding carboxylic acids is 3. The molecule has 0 atom stereocenters. The molecule has 2 aromatic carbocycles. The van der Waals surface area contributed by atoms with Crippen molar-refractivity contribution in [1.29, 1.82) is 0 Å². The average Bonchev–Trinajstić information content (AvgIpc) is 2.99. The lowest BCUT2D eigenvalue weighted by atomic mass is 9.94. The van der Waals surface area contributed by atoms with Gasteiger partial charge >= 0.3 is 0 Å². The molecular formula is C22H22N2O4. The zero-order valence-corrected chi connectivity index (χ0v) is 15.7. The van der Waals surface area contributed by atoms with Crippen molar-refractivity contribution in [1.82, 2.24) is 4.90 Å². The summed E-state index contributed by atoms with van der Waals surface area (Å²) in [5.41, 5.74) is 1.67. The van der Waals surface area contributed by atoms with Gasteiger partial charge in [0.2, 0.25) is 0 Å². The van der Waals surface area contributed by atoms with Crippen LogP contribution < -0.4 is 10.1 Å². The van der Waals surface area contributed by atoms with Crippen LogP contribution in [0.15, 0.2) is 42.5 Å². The smallest absolute Gasteiger partial charge is 0.261 e. The highest BCUT2D eigenvalue weighted by Crippen LogP contribution is 2.31. The number of fused-ring (bicyclic) bond motifs is 1. The van der Waals surface area contributed by atoms with Crippen molar-refractivity contribution < 1.29 is 19.1 Å². The van der Waals surface area contributed by atoms with Gasteiger partial charge in [-0.05, 0) is 55.3 Å². The van der Waals surface area contributed by atoms with Crippen molar-refractivity contribution in [3.63, 3.8) is 0 Å². The van der Waals surface area contributed by atoms with E-state index in [4.69, 9.17) is 4.74 Å². The molecule has 3 amide bonds. The Kier molecular flexibility index (Phi) is 4.86. The summed E-state index contributed by atoms with van der Waals surface area (Å²) in [7, 11) is 1.58. The molecule has 6 heteroatoms. The molecule has 6 nitrogen and oxygen atoms in total. The van der Waals surface area contributed by atoms with Gasteiger partial charge in [0.15, 0.2) is 0 Å². The van der Waals surface area contributed by atoms with Crippen LogP contribution in [0, 0.1) is 0 Å². The summed E-state index contributed by atoms with van der Waals surface area (Å²) in [6.07, 6.45) is 4.93. The van der Waals surface area contributed by atoms with Crippen LogP contribution in [0.2, 0.25) is 0 Å². The summed E-state index contributed by atoms with van der Waals surface area (Å²) in [5, 5.41) is 2.80. The van der Waals surface area contributed by atoms with Crippen LogP contribution in [0.25, 0.3) is 0 Å². The van der Waals surface area contributed by atoms with E-state index < -0.39 is 0 Å². The lowest BCUT2D eigenvalue weighted by molar-refractivity contribution is 0.0549. The number of anilines is 1. The lowest BCUT2D eigenvalue weighted by Crippen LogP contribution is -2.40. The number of benzene rings is 2. The Hall–Kier alpha value is -3.15. The van der Waals surface area contributed by atoms with Gasteiger partial charge in [-0.3, -0.25) is 19.3 Å². The molecule has 0 bridgehead atoms. The van der Waals surface area contributed by atoms with E-state index in [1.54, 1.807) is 43.5 Å². The summed E-state index contributed by atoms with van der Waals surface area (Å²) in [6.45, 7) is 0. The van der Waals surface area contributed by atoms with Gasteiger partial charge in [0.05, 0.1) is 18.2 Å². The highest BCUT2D eigenvalue weighted by atomic mass is 16.5. The summed E-state index contributed by atoms with van der Waals surface area (Å²) >= 11 is 0. The number of nitrogens with one attached hydrogen (secondary N) is 1. The lowest BCUT2D eigenvalue weighted by Gasteiger charge is -2.29. The minimum atomic E-state index is -0.329. The Morgan fingerprint density at radius 3 is 2.32 bits per heavy atom. The number of hydrogen-bond acceptors (Lipinski definition) is 4. The highest BCUT2D eigenvalue weighted by molar-refractivity contribution is 6.22. The largest absolute Gasteiger partial charge is 0.497 e. The number of amides is 3. The Labute approximate surface area is 163 Å². The van der Waals surface area contributed by atoms with Crippen molar-refractivity contribution in [2.75, 3.05) is 12.4 Å². The van der Waals surface area contributed by atoms with Crippen LogP contribution >= 0.6 is 0 Å². The number of carbonyl (C=O) groups is 3. The monoisotopic (exact) mass is 378 g/mol. The van der Waals surface area contributed by atoms with Gasteiger partial charge in [-0.25, -0.2) is 0 Å². The third-order valence-corrected chi connectivity index (χ3v) is 5.47. The van der Waals surface area contributed by atoms with Crippen molar-refractivity contribution >= 4 is 23.4 Å². The molecule has 1 aliphatic heterocycles. The molecule has 1 fully saturated rings. The fraction of sp³-hybridized carbons (Fsp3) is 0.318. The van der Waals surface area contributed by atoms with Crippen molar-refractivity contribution in [3.05, 3.63) is 59.2 Å². The zero-order chi connectivity index (χ0) is 19.7. The zero-order valence-electron chi connectivity index (χ0n) is 15.7. The molecule has 144 valence electrons. The molecule has 2 aromatic rings.